The Morgan fingerprint density at radius 3 is 2.32 bits per heavy atom. The predicted octanol–water partition coefficient (Wildman–Crippen LogP) is 4.90. The topological polar surface area (TPSA) is 72.6 Å². The normalized spacial score (nSPS) is 17.2. The Hall–Kier alpha value is -3.16. The molecule has 4 rings (SSSR count). The van der Waals surface area contributed by atoms with Crippen molar-refractivity contribution in [3.63, 3.8) is 0 Å². The van der Waals surface area contributed by atoms with Crippen LogP contribution in [0.15, 0.2) is 34.0 Å². The lowest BCUT2D eigenvalue weighted by Crippen LogP contribution is -2.48. The van der Waals surface area contributed by atoms with Crippen molar-refractivity contribution in [3.8, 4) is 6.07 Å². The maximum Gasteiger partial charge on any atom is 0.270 e. The molecule has 0 saturated carbocycles. The third-order valence-corrected chi connectivity index (χ3v) is 8.30. The number of amides is 1. The van der Waals surface area contributed by atoms with E-state index in [0.717, 1.165) is 24.3 Å². The number of thioether (sulfide) groups is 1. The molecule has 1 amide bonds. The zero-order chi connectivity index (χ0) is 27.6. The molecule has 38 heavy (non-hydrogen) atoms. The number of carbonyl (C=O) groups excluding carboxylic acids is 1. The lowest BCUT2D eigenvalue weighted by atomic mass is 10.0. The quantitative estimate of drug-likeness (QED) is 0.357. The fourth-order valence-electron chi connectivity index (χ4n) is 4.89. The van der Waals surface area contributed by atoms with Gasteiger partial charge in [-0.2, -0.15) is 5.26 Å². The molecule has 2 aliphatic rings. The number of rotatable bonds is 7. The number of pyridine rings is 1. The second kappa shape index (κ2) is 11.7. The van der Waals surface area contributed by atoms with Crippen molar-refractivity contribution in [1.29, 1.82) is 5.26 Å². The summed E-state index contributed by atoms with van der Waals surface area (Å²) in [7, 11) is 0. The van der Waals surface area contributed by atoms with Crippen LogP contribution in [0.5, 0.6) is 0 Å². The van der Waals surface area contributed by atoms with Crippen molar-refractivity contribution < 1.29 is 9.18 Å². The zero-order valence-corrected chi connectivity index (χ0v) is 23.8. The molecule has 2 fully saturated rings. The van der Waals surface area contributed by atoms with Crippen LogP contribution >= 0.6 is 24.0 Å². The van der Waals surface area contributed by atoms with Gasteiger partial charge in [-0.1, -0.05) is 37.3 Å². The molecular formula is C28H32FN5O2S2. The number of thiocarbonyl (C=S) groups is 1. The Morgan fingerprint density at radius 1 is 1.13 bits per heavy atom. The number of hydrogen-bond acceptors (Lipinski definition) is 7. The maximum atomic E-state index is 13.5. The highest BCUT2D eigenvalue weighted by Gasteiger charge is 2.35. The zero-order valence-electron chi connectivity index (χ0n) is 22.2. The highest BCUT2D eigenvalue weighted by atomic mass is 32.2. The molecule has 0 unspecified atom stereocenters. The number of halogens is 1. The minimum absolute atomic E-state index is 0.0679. The number of piperazine rings is 1. The molecule has 0 radical (unpaired) electrons. The standard InChI is InChI=1S/C28H32FN5O2S2/c1-5-6-11-33-25(32-14-12-31(13-15-32)21-9-7-20(29)8-10-21)22(19(4)23(17-30)26(33)35)16-24-27(36)34(18(2)3)28(37)38-24/h7-10,16,18H,5-6,11-15H2,1-4H3/b24-16+. The lowest BCUT2D eigenvalue weighted by molar-refractivity contribution is -0.123. The van der Waals surface area contributed by atoms with E-state index in [4.69, 9.17) is 12.2 Å². The van der Waals surface area contributed by atoms with Crippen molar-refractivity contribution in [2.24, 2.45) is 0 Å². The van der Waals surface area contributed by atoms with E-state index < -0.39 is 0 Å². The molecule has 2 aromatic rings. The van der Waals surface area contributed by atoms with Crippen molar-refractivity contribution in [3.05, 3.63) is 62.0 Å². The first kappa shape index (κ1) is 27.9. The van der Waals surface area contributed by atoms with Crippen LogP contribution in [0.4, 0.5) is 15.9 Å². The number of aromatic nitrogens is 1. The lowest BCUT2D eigenvalue weighted by Gasteiger charge is -2.39. The summed E-state index contributed by atoms with van der Waals surface area (Å²) in [5.74, 6) is 0.299. The van der Waals surface area contributed by atoms with E-state index in [2.05, 4.69) is 22.8 Å². The molecule has 3 heterocycles. The van der Waals surface area contributed by atoms with Crippen molar-refractivity contribution in [1.82, 2.24) is 9.47 Å². The van der Waals surface area contributed by atoms with Crippen molar-refractivity contribution >= 4 is 51.8 Å². The van der Waals surface area contributed by atoms with E-state index in [0.29, 0.717) is 53.1 Å². The minimum Gasteiger partial charge on any atom is -0.368 e. The van der Waals surface area contributed by atoms with Gasteiger partial charge >= 0.3 is 0 Å². The monoisotopic (exact) mass is 553 g/mol. The van der Waals surface area contributed by atoms with Gasteiger partial charge in [0, 0.05) is 50.0 Å². The average molecular weight is 554 g/mol. The van der Waals surface area contributed by atoms with Crippen LogP contribution in [0.25, 0.3) is 6.08 Å². The van der Waals surface area contributed by atoms with Gasteiger partial charge in [-0.3, -0.25) is 19.1 Å². The Labute approximate surface area is 232 Å². The van der Waals surface area contributed by atoms with Gasteiger partial charge in [0.25, 0.3) is 11.5 Å². The van der Waals surface area contributed by atoms with E-state index in [1.807, 2.05) is 13.8 Å². The van der Waals surface area contributed by atoms with Crippen LogP contribution in [-0.4, -0.2) is 51.9 Å². The second-order valence-corrected chi connectivity index (χ2v) is 11.4. The molecule has 0 atom stereocenters. The molecule has 0 bridgehead atoms. The number of hydrogen-bond donors (Lipinski definition) is 0. The second-order valence-electron chi connectivity index (χ2n) is 9.76. The Kier molecular flexibility index (Phi) is 8.58. The van der Waals surface area contributed by atoms with Gasteiger partial charge < -0.3 is 9.80 Å². The number of carbonyl (C=O) groups is 1. The van der Waals surface area contributed by atoms with Crippen LogP contribution in [0, 0.1) is 24.1 Å². The Morgan fingerprint density at radius 2 is 1.76 bits per heavy atom. The first-order valence-electron chi connectivity index (χ1n) is 12.9. The average Bonchev–Trinajstić information content (AvgIpc) is 3.18. The van der Waals surface area contributed by atoms with Crippen LogP contribution in [0.2, 0.25) is 0 Å². The number of nitriles is 1. The summed E-state index contributed by atoms with van der Waals surface area (Å²) in [5, 5.41) is 9.89. The summed E-state index contributed by atoms with van der Waals surface area (Å²) in [6.45, 7) is 10.8. The number of nitrogens with zero attached hydrogens (tertiary/aromatic N) is 5. The van der Waals surface area contributed by atoms with Crippen LogP contribution in [0.1, 0.15) is 50.3 Å². The summed E-state index contributed by atoms with van der Waals surface area (Å²) >= 11 is 6.73. The highest BCUT2D eigenvalue weighted by molar-refractivity contribution is 8.26. The molecule has 2 saturated heterocycles. The van der Waals surface area contributed by atoms with Crippen LogP contribution in [-0.2, 0) is 11.3 Å². The third kappa shape index (κ3) is 5.36. The molecule has 200 valence electrons. The molecule has 2 aliphatic heterocycles. The molecule has 1 aromatic heterocycles. The molecule has 10 heteroatoms. The minimum atomic E-state index is -0.304. The summed E-state index contributed by atoms with van der Waals surface area (Å²) in [6, 6.07) is 8.50. The molecule has 0 N–H and O–H groups in total. The molecule has 1 aromatic carbocycles. The summed E-state index contributed by atoms with van der Waals surface area (Å²) in [5.41, 5.74) is 2.01. The van der Waals surface area contributed by atoms with E-state index in [9.17, 15) is 19.2 Å². The maximum absolute atomic E-state index is 13.5. The molecule has 0 spiro atoms. The summed E-state index contributed by atoms with van der Waals surface area (Å²) in [4.78, 5) is 33.2. The first-order chi connectivity index (χ1) is 18.2. The molecular weight excluding hydrogens is 521 g/mol. The van der Waals surface area contributed by atoms with Crippen molar-refractivity contribution in [2.45, 2.75) is 53.1 Å². The van der Waals surface area contributed by atoms with Gasteiger partial charge in [-0.05, 0) is 63.1 Å². The third-order valence-electron chi connectivity index (χ3n) is 6.97. The summed E-state index contributed by atoms with van der Waals surface area (Å²) in [6.07, 6.45) is 3.48. The van der Waals surface area contributed by atoms with E-state index in [1.165, 1.54) is 23.9 Å². The fourth-order valence-corrected chi connectivity index (χ4v) is 6.40. The fraction of sp³-hybridized carbons (Fsp3) is 0.429. The largest absolute Gasteiger partial charge is 0.368 e. The Balaban J connectivity index is 1.80. The van der Waals surface area contributed by atoms with E-state index in [-0.39, 0.29) is 28.9 Å². The van der Waals surface area contributed by atoms with Gasteiger partial charge in [0.1, 0.15) is 27.6 Å². The number of unbranched alkanes of at least 4 members (excludes halogenated alkanes) is 1. The van der Waals surface area contributed by atoms with Gasteiger partial charge in [0.2, 0.25) is 0 Å². The van der Waals surface area contributed by atoms with E-state index >= 15 is 0 Å². The van der Waals surface area contributed by atoms with Gasteiger partial charge in [0.15, 0.2) is 0 Å². The molecule has 7 nitrogen and oxygen atoms in total. The summed E-state index contributed by atoms with van der Waals surface area (Å²) < 4.78 is 15.6. The van der Waals surface area contributed by atoms with Crippen LogP contribution in [0.3, 0.4) is 0 Å². The van der Waals surface area contributed by atoms with Crippen molar-refractivity contribution in [2.75, 3.05) is 36.0 Å². The van der Waals surface area contributed by atoms with E-state index in [1.54, 1.807) is 34.6 Å². The van der Waals surface area contributed by atoms with Gasteiger partial charge in [-0.25, -0.2) is 4.39 Å². The SMILES string of the molecule is CCCCn1c(N2CCN(c3ccc(F)cc3)CC2)c(/C=C2/SC(=S)N(C(C)C)C2=O)c(C)c(C#N)c1=O. The highest BCUT2D eigenvalue weighted by Crippen LogP contribution is 2.37. The smallest absolute Gasteiger partial charge is 0.270 e. The first-order valence-corrected chi connectivity index (χ1v) is 14.1. The van der Waals surface area contributed by atoms with Gasteiger partial charge in [-0.15, -0.1) is 0 Å². The number of benzene rings is 1. The van der Waals surface area contributed by atoms with Crippen LogP contribution < -0.4 is 15.4 Å². The molecule has 0 aliphatic carbocycles. The predicted molar refractivity (Wildman–Crippen MR) is 156 cm³/mol. The Bertz CT molecular complexity index is 1370. The van der Waals surface area contributed by atoms with Gasteiger partial charge in [0.05, 0.1) is 4.91 Å². The number of anilines is 2.